The molecule has 0 aliphatic rings. The molecule has 0 heterocycles. The fraction of sp³-hybridized carbons (Fsp3) is 0.357. The minimum Gasteiger partial charge on any atom is -0.493 e. The van der Waals surface area contributed by atoms with Gasteiger partial charge in [0.1, 0.15) is 5.75 Å². The van der Waals surface area contributed by atoms with Crippen LogP contribution in [0.15, 0.2) is 42.0 Å². The van der Waals surface area contributed by atoms with Crippen molar-refractivity contribution >= 4 is 5.97 Å². The van der Waals surface area contributed by atoms with E-state index in [-0.39, 0.29) is 5.97 Å². The third-order valence-electron chi connectivity index (χ3n) is 2.18. The predicted molar refractivity (Wildman–Crippen MR) is 66.9 cm³/mol. The van der Waals surface area contributed by atoms with Gasteiger partial charge in [-0.3, -0.25) is 0 Å². The van der Waals surface area contributed by atoms with Crippen molar-refractivity contribution in [1.29, 1.82) is 0 Å². The van der Waals surface area contributed by atoms with Crippen LogP contribution >= 0.6 is 0 Å². The standard InChI is InChI=1S/C14H18O3/c1-3-16-14(15)12(2)8-7-11-17-13-9-5-4-6-10-13/h4-6,8-10H,3,7,11H2,1-2H3. The first-order chi connectivity index (χ1) is 8.24. The molecular weight excluding hydrogens is 216 g/mol. The van der Waals surface area contributed by atoms with E-state index >= 15 is 0 Å². The Kier molecular flexibility index (Phi) is 5.86. The zero-order valence-corrected chi connectivity index (χ0v) is 10.3. The Morgan fingerprint density at radius 3 is 2.65 bits per heavy atom. The van der Waals surface area contributed by atoms with E-state index in [0.717, 1.165) is 5.75 Å². The second kappa shape index (κ2) is 7.49. The van der Waals surface area contributed by atoms with Crippen molar-refractivity contribution < 1.29 is 14.3 Å². The molecule has 3 heteroatoms. The van der Waals surface area contributed by atoms with E-state index in [1.165, 1.54) is 0 Å². The summed E-state index contributed by atoms with van der Waals surface area (Å²) >= 11 is 0. The van der Waals surface area contributed by atoms with E-state index in [2.05, 4.69) is 0 Å². The van der Waals surface area contributed by atoms with E-state index in [1.807, 2.05) is 36.4 Å². The largest absolute Gasteiger partial charge is 0.493 e. The molecule has 0 aromatic heterocycles. The minimum absolute atomic E-state index is 0.257. The quantitative estimate of drug-likeness (QED) is 0.431. The Hall–Kier alpha value is -1.77. The summed E-state index contributed by atoms with van der Waals surface area (Å²) < 4.78 is 10.4. The number of hydrogen-bond donors (Lipinski definition) is 0. The van der Waals surface area contributed by atoms with Gasteiger partial charge < -0.3 is 9.47 Å². The first-order valence-electron chi connectivity index (χ1n) is 5.75. The van der Waals surface area contributed by atoms with Crippen molar-refractivity contribution in [3.05, 3.63) is 42.0 Å². The summed E-state index contributed by atoms with van der Waals surface area (Å²) in [5, 5.41) is 0. The van der Waals surface area contributed by atoms with Crippen LogP contribution in [0.2, 0.25) is 0 Å². The van der Waals surface area contributed by atoms with Gasteiger partial charge in [0.25, 0.3) is 0 Å². The van der Waals surface area contributed by atoms with Crippen molar-refractivity contribution in [1.82, 2.24) is 0 Å². The first-order valence-corrected chi connectivity index (χ1v) is 5.75. The van der Waals surface area contributed by atoms with Gasteiger partial charge in [0.05, 0.1) is 13.2 Å². The maximum absolute atomic E-state index is 11.3. The third kappa shape index (κ3) is 5.20. The lowest BCUT2D eigenvalue weighted by Gasteiger charge is -2.04. The van der Waals surface area contributed by atoms with Gasteiger partial charge in [-0.2, -0.15) is 0 Å². The van der Waals surface area contributed by atoms with Gasteiger partial charge in [0.2, 0.25) is 0 Å². The molecule has 1 aromatic carbocycles. The van der Waals surface area contributed by atoms with Crippen molar-refractivity contribution in [3.8, 4) is 5.75 Å². The number of ether oxygens (including phenoxy) is 2. The molecule has 0 saturated heterocycles. The van der Waals surface area contributed by atoms with Gasteiger partial charge in [0, 0.05) is 12.0 Å². The SMILES string of the molecule is CCOC(=O)C(C)=CCCOc1ccccc1. The summed E-state index contributed by atoms with van der Waals surface area (Å²) in [6.45, 7) is 4.51. The van der Waals surface area contributed by atoms with Crippen LogP contribution in [-0.4, -0.2) is 19.2 Å². The van der Waals surface area contributed by atoms with Gasteiger partial charge in [0.15, 0.2) is 0 Å². The molecule has 0 amide bonds. The Morgan fingerprint density at radius 1 is 1.29 bits per heavy atom. The molecule has 92 valence electrons. The van der Waals surface area contributed by atoms with Gasteiger partial charge in [-0.1, -0.05) is 24.3 Å². The Morgan fingerprint density at radius 2 is 2.00 bits per heavy atom. The Balaban J connectivity index is 2.28. The highest BCUT2D eigenvalue weighted by atomic mass is 16.5. The fourth-order valence-electron chi connectivity index (χ4n) is 1.30. The highest BCUT2D eigenvalue weighted by Crippen LogP contribution is 2.09. The first kappa shape index (κ1) is 13.3. The molecule has 0 aliphatic heterocycles. The molecule has 1 aromatic rings. The molecule has 0 radical (unpaired) electrons. The molecule has 0 atom stereocenters. The van der Waals surface area contributed by atoms with Crippen LogP contribution in [0.1, 0.15) is 20.3 Å². The van der Waals surface area contributed by atoms with E-state index in [4.69, 9.17) is 9.47 Å². The topological polar surface area (TPSA) is 35.5 Å². The number of carbonyl (C=O) groups is 1. The molecule has 0 fully saturated rings. The summed E-state index contributed by atoms with van der Waals surface area (Å²) in [4.78, 5) is 11.3. The van der Waals surface area contributed by atoms with Crippen LogP contribution in [0.4, 0.5) is 0 Å². The van der Waals surface area contributed by atoms with E-state index in [1.54, 1.807) is 13.8 Å². The highest BCUT2D eigenvalue weighted by Gasteiger charge is 2.02. The van der Waals surface area contributed by atoms with Crippen LogP contribution < -0.4 is 4.74 Å². The van der Waals surface area contributed by atoms with Crippen molar-refractivity contribution in [2.45, 2.75) is 20.3 Å². The maximum atomic E-state index is 11.3. The molecule has 0 N–H and O–H groups in total. The summed E-state index contributed by atoms with van der Waals surface area (Å²) in [6.07, 6.45) is 2.53. The molecule has 0 bridgehead atoms. The predicted octanol–water partition coefficient (Wildman–Crippen LogP) is 2.96. The van der Waals surface area contributed by atoms with Gasteiger partial charge in [-0.15, -0.1) is 0 Å². The lowest BCUT2D eigenvalue weighted by atomic mass is 10.2. The molecule has 0 saturated carbocycles. The molecule has 3 nitrogen and oxygen atoms in total. The fourth-order valence-corrected chi connectivity index (χ4v) is 1.30. The summed E-state index contributed by atoms with van der Waals surface area (Å²) in [7, 11) is 0. The average molecular weight is 234 g/mol. The number of para-hydroxylation sites is 1. The normalized spacial score (nSPS) is 11.1. The van der Waals surface area contributed by atoms with E-state index in [0.29, 0.717) is 25.2 Å². The van der Waals surface area contributed by atoms with Crippen molar-refractivity contribution in [2.75, 3.05) is 13.2 Å². The van der Waals surface area contributed by atoms with Crippen molar-refractivity contribution in [2.24, 2.45) is 0 Å². The monoisotopic (exact) mass is 234 g/mol. The molecule has 1 rings (SSSR count). The minimum atomic E-state index is -0.257. The lowest BCUT2D eigenvalue weighted by Crippen LogP contribution is -2.05. The van der Waals surface area contributed by atoms with Gasteiger partial charge in [-0.05, 0) is 26.0 Å². The van der Waals surface area contributed by atoms with Gasteiger partial charge in [-0.25, -0.2) is 4.79 Å². The highest BCUT2D eigenvalue weighted by molar-refractivity contribution is 5.87. The van der Waals surface area contributed by atoms with Gasteiger partial charge >= 0.3 is 5.97 Å². The number of benzene rings is 1. The number of hydrogen-bond acceptors (Lipinski definition) is 3. The number of rotatable bonds is 6. The third-order valence-corrected chi connectivity index (χ3v) is 2.18. The molecule has 0 spiro atoms. The van der Waals surface area contributed by atoms with Crippen LogP contribution in [0.5, 0.6) is 5.75 Å². The zero-order chi connectivity index (χ0) is 12.5. The van der Waals surface area contributed by atoms with Crippen LogP contribution in [0.3, 0.4) is 0 Å². The second-order valence-corrected chi connectivity index (χ2v) is 3.56. The Bertz CT molecular complexity index is 368. The van der Waals surface area contributed by atoms with Crippen LogP contribution in [0.25, 0.3) is 0 Å². The Labute approximate surface area is 102 Å². The zero-order valence-electron chi connectivity index (χ0n) is 10.3. The molecule has 17 heavy (non-hydrogen) atoms. The van der Waals surface area contributed by atoms with E-state index in [9.17, 15) is 4.79 Å². The summed E-state index contributed by atoms with van der Waals surface area (Å²) in [5.74, 6) is 0.585. The van der Waals surface area contributed by atoms with Crippen LogP contribution in [-0.2, 0) is 9.53 Å². The summed E-state index contributed by atoms with van der Waals surface area (Å²) in [5.41, 5.74) is 0.628. The average Bonchev–Trinajstić information content (AvgIpc) is 2.36. The summed E-state index contributed by atoms with van der Waals surface area (Å²) in [6, 6.07) is 9.60. The lowest BCUT2D eigenvalue weighted by molar-refractivity contribution is -0.138. The second-order valence-electron chi connectivity index (χ2n) is 3.56. The van der Waals surface area contributed by atoms with Crippen molar-refractivity contribution in [3.63, 3.8) is 0 Å². The number of carbonyl (C=O) groups excluding carboxylic acids is 1. The number of esters is 1. The van der Waals surface area contributed by atoms with Crippen LogP contribution in [0, 0.1) is 0 Å². The molecular formula is C14H18O3. The molecule has 0 unspecified atom stereocenters. The molecule has 0 aliphatic carbocycles. The maximum Gasteiger partial charge on any atom is 0.333 e. The smallest absolute Gasteiger partial charge is 0.333 e. The van der Waals surface area contributed by atoms with E-state index < -0.39 is 0 Å².